The first-order chi connectivity index (χ1) is 7.52. The molecule has 0 bridgehead atoms. The number of thioether (sulfide) groups is 1. The van der Waals surface area contributed by atoms with E-state index in [1.54, 1.807) is 11.8 Å². The van der Waals surface area contributed by atoms with Crippen molar-refractivity contribution >= 4 is 11.8 Å². The first-order valence-electron chi connectivity index (χ1n) is 5.29. The monoisotopic (exact) mass is 239 g/mol. The first-order valence-corrected chi connectivity index (χ1v) is 6.52. The standard InChI is InChI=1S/C12H17NO2S/c1-12(2,13)8-6-9-10(7-11(8)16-3)15-5-4-14-9/h6-7H,4-5,13H2,1-3H3. The fourth-order valence-electron chi connectivity index (χ4n) is 1.74. The highest BCUT2D eigenvalue weighted by molar-refractivity contribution is 7.98. The Morgan fingerprint density at radius 1 is 1.19 bits per heavy atom. The van der Waals surface area contributed by atoms with E-state index >= 15 is 0 Å². The second-order valence-electron chi connectivity index (χ2n) is 4.42. The predicted octanol–water partition coefficient (Wildman–Crippen LogP) is 2.37. The van der Waals surface area contributed by atoms with Gasteiger partial charge < -0.3 is 15.2 Å². The Balaban J connectivity index is 2.52. The van der Waals surface area contributed by atoms with Gasteiger partial charge in [-0.3, -0.25) is 0 Å². The van der Waals surface area contributed by atoms with Gasteiger partial charge in [-0.15, -0.1) is 11.8 Å². The van der Waals surface area contributed by atoms with Gasteiger partial charge >= 0.3 is 0 Å². The molecule has 3 nitrogen and oxygen atoms in total. The SMILES string of the molecule is CSc1cc2c(cc1C(C)(C)N)OCCO2. The van der Waals surface area contributed by atoms with Crippen molar-refractivity contribution < 1.29 is 9.47 Å². The van der Waals surface area contributed by atoms with Crippen LogP contribution in [0, 0.1) is 0 Å². The first kappa shape index (κ1) is 11.6. The van der Waals surface area contributed by atoms with Crippen LogP contribution >= 0.6 is 11.8 Å². The molecule has 1 aliphatic rings. The van der Waals surface area contributed by atoms with E-state index in [0.29, 0.717) is 13.2 Å². The maximum atomic E-state index is 6.16. The summed E-state index contributed by atoms with van der Waals surface area (Å²) in [4.78, 5) is 1.15. The van der Waals surface area contributed by atoms with E-state index in [1.165, 1.54) is 0 Å². The van der Waals surface area contributed by atoms with Crippen LogP contribution in [0.15, 0.2) is 17.0 Å². The number of ether oxygens (including phenoxy) is 2. The lowest BCUT2D eigenvalue weighted by Gasteiger charge is -2.26. The Bertz CT molecular complexity index is 399. The molecule has 0 atom stereocenters. The van der Waals surface area contributed by atoms with Crippen LogP contribution in [0.3, 0.4) is 0 Å². The smallest absolute Gasteiger partial charge is 0.162 e. The molecule has 0 unspecified atom stereocenters. The van der Waals surface area contributed by atoms with Gasteiger partial charge in [-0.25, -0.2) is 0 Å². The Kier molecular flexibility index (Phi) is 3.04. The molecular weight excluding hydrogens is 222 g/mol. The van der Waals surface area contributed by atoms with Gasteiger partial charge in [-0.05, 0) is 37.8 Å². The quantitative estimate of drug-likeness (QED) is 0.805. The van der Waals surface area contributed by atoms with Crippen molar-refractivity contribution in [2.75, 3.05) is 19.5 Å². The Morgan fingerprint density at radius 3 is 2.25 bits per heavy atom. The molecule has 88 valence electrons. The van der Waals surface area contributed by atoms with Crippen molar-refractivity contribution in [2.45, 2.75) is 24.3 Å². The summed E-state index contributed by atoms with van der Waals surface area (Å²) in [6.07, 6.45) is 2.04. The minimum absolute atomic E-state index is 0.367. The molecule has 0 fully saturated rings. The number of nitrogens with two attached hydrogens (primary N) is 1. The summed E-state index contributed by atoms with van der Waals surface area (Å²) >= 11 is 1.68. The molecule has 4 heteroatoms. The molecule has 1 aromatic carbocycles. The minimum atomic E-state index is -0.367. The van der Waals surface area contributed by atoms with E-state index in [2.05, 4.69) is 0 Å². The van der Waals surface area contributed by atoms with E-state index in [9.17, 15) is 0 Å². The van der Waals surface area contributed by atoms with E-state index in [-0.39, 0.29) is 5.54 Å². The summed E-state index contributed by atoms with van der Waals surface area (Å²) in [6.45, 7) is 5.22. The van der Waals surface area contributed by atoms with Crippen molar-refractivity contribution in [1.82, 2.24) is 0 Å². The van der Waals surface area contributed by atoms with Crippen molar-refractivity contribution in [3.8, 4) is 11.5 Å². The molecule has 16 heavy (non-hydrogen) atoms. The molecular formula is C12H17NO2S. The van der Waals surface area contributed by atoms with E-state index < -0.39 is 0 Å². The van der Waals surface area contributed by atoms with Gasteiger partial charge in [0.25, 0.3) is 0 Å². The molecule has 2 N–H and O–H groups in total. The van der Waals surface area contributed by atoms with Crippen LogP contribution in [-0.2, 0) is 5.54 Å². The molecule has 0 spiro atoms. The predicted molar refractivity (Wildman–Crippen MR) is 66.4 cm³/mol. The number of hydrogen-bond acceptors (Lipinski definition) is 4. The number of hydrogen-bond donors (Lipinski definition) is 1. The molecule has 1 aliphatic heterocycles. The molecule has 2 rings (SSSR count). The third-order valence-corrected chi connectivity index (χ3v) is 3.34. The fraction of sp³-hybridized carbons (Fsp3) is 0.500. The van der Waals surface area contributed by atoms with E-state index in [1.807, 2.05) is 32.2 Å². The van der Waals surface area contributed by atoms with Crippen molar-refractivity contribution in [3.63, 3.8) is 0 Å². The molecule has 1 heterocycles. The third-order valence-electron chi connectivity index (χ3n) is 2.56. The van der Waals surface area contributed by atoms with Crippen LogP contribution in [0.2, 0.25) is 0 Å². The highest BCUT2D eigenvalue weighted by Gasteiger charge is 2.23. The average Bonchev–Trinajstić information content (AvgIpc) is 2.26. The summed E-state index contributed by atoms with van der Waals surface area (Å²) in [5.41, 5.74) is 6.89. The van der Waals surface area contributed by atoms with Crippen molar-refractivity contribution in [3.05, 3.63) is 17.7 Å². The zero-order valence-electron chi connectivity index (χ0n) is 9.87. The van der Waals surface area contributed by atoms with Crippen LogP contribution in [0.25, 0.3) is 0 Å². The molecule has 0 saturated carbocycles. The summed E-state index contributed by atoms with van der Waals surface area (Å²) in [6, 6.07) is 4.02. The molecule has 0 aliphatic carbocycles. The topological polar surface area (TPSA) is 44.5 Å². The van der Waals surface area contributed by atoms with Gasteiger partial charge in [0.15, 0.2) is 11.5 Å². The van der Waals surface area contributed by atoms with E-state index in [0.717, 1.165) is 22.0 Å². The summed E-state index contributed by atoms with van der Waals surface area (Å²) < 4.78 is 11.1. The lowest BCUT2D eigenvalue weighted by molar-refractivity contribution is 0.170. The summed E-state index contributed by atoms with van der Waals surface area (Å²) in [5.74, 6) is 1.63. The average molecular weight is 239 g/mol. The van der Waals surface area contributed by atoms with Gasteiger partial charge in [-0.2, -0.15) is 0 Å². The number of benzene rings is 1. The Morgan fingerprint density at radius 2 is 1.75 bits per heavy atom. The Labute approximate surface area is 100 Å². The van der Waals surface area contributed by atoms with Crippen LogP contribution in [0.5, 0.6) is 11.5 Å². The zero-order chi connectivity index (χ0) is 11.8. The van der Waals surface area contributed by atoms with Gasteiger partial charge in [0.05, 0.1) is 0 Å². The third kappa shape index (κ3) is 2.13. The maximum absolute atomic E-state index is 6.16. The summed E-state index contributed by atoms with van der Waals surface area (Å²) in [7, 11) is 0. The molecule has 0 aromatic heterocycles. The summed E-state index contributed by atoms with van der Waals surface area (Å²) in [5, 5.41) is 0. The molecule has 1 aromatic rings. The normalized spacial score (nSPS) is 15.0. The number of rotatable bonds is 2. The van der Waals surface area contributed by atoms with Crippen molar-refractivity contribution in [2.24, 2.45) is 5.73 Å². The minimum Gasteiger partial charge on any atom is -0.486 e. The Hall–Kier alpha value is -0.870. The zero-order valence-corrected chi connectivity index (χ0v) is 10.7. The number of fused-ring (bicyclic) bond motifs is 1. The lowest BCUT2D eigenvalue weighted by Crippen LogP contribution is -2.29. The lowest BCUT2D eigenvalue weighted by atomic mass is 9.95. The van der Waals surface area contributed by atoms with Gasteiger partial charge in [0.2, 0.25) is 0 Å². The highest BCUT2D eigenvalue weighted by atomic mass is 32.2. The maximum Gasteiger partial charge on any atom is 0.162 e. The molecule has 0 radical (unpaired) electrons. The molecule has 0 amide bonds. The largest absolute Gasteiger partial charge is 0.486 e. The van der Waals surface area contributed by atoms with Crippen molar-refractivity contribution in [1.29, 1.82) is 0 Å². The fourth-order valence-corrected chi connectivity index (χ4v) is 2.51. The second-order valence-corrected chi connectivity index (χ2v) is 5.27. The highest BCUT2D eigenvalue weighted by Crippen LogP contribution is 2.39. The van der Waals surface area contributed by atoms with Crippen LogP contribution in [0.4, 0.5) is 0 Å². The van der Waals surface area contributed by atoms with Crippen LogP contribution in [0.1, 0.15) is 19.4 Å². The van der Waals surface area contributed by atoms with E-state index in [4.69, 9.17) is 15.2 Å². The second kappa shape index (κ2) is 4.18. The van der Waals surface area contributed by atoms with Gasteiger partial charge in [-0.1, -0.05) is 0 Å². The van der Waals surface area contributed by atoms with Gasteiger partial charge in [0.1, 0.15) is 13.2 Å². The van der Waals surface area contributed by atoms with Gasteiger partial charge in [0, 0.05) is 10.4 Å². The van der Waals surface area contributed by atoms with Crippen LogP contribution < -0.4 is 15.2 Å². The molecule has 0 saturated heterocycles. The van der Waals surface area contributed by atoms with Crippen LogP contribution in [-0.4, -0.2) is 19.5 Å².